The van der Waals surface area contributed by atoms with E-state index in [2.05, 4.69) is 5.32 Å². The van der Waals surface area contributed by atoms with Crippen molar-refractivity contribution in [3.63, 3.8) is 0 Å². The van der Waals surface area contributed by atoms with E-state index >= 15 is 0 Å². The highest BCUT2D eigenvalue weighted by Crippen LogP contribution is 2.22. The number of thioether (sulfide) groups is 1. The van der Waals surface area contributed by atoms with Crippen LogP contribution in [0.5, 0.6) is 5.75 Å². The molecule has 0 bridgehead atoms. The fourth-order valence-corrected chi connectivity index (χ4v) is 2.96. The van der Waals surface area contributed by atoms with Crippen molar-refractivity contribution in [1.82, 2.24) is 5.32 Å². The molecule has 0 spiro atoms. The number of hydrogen-bond donors (Lipinski definition) is 1. The quantitative estimate of drug-likeness (QED) is 0.373. The maximum atomic E-state index is 13.9. The summed E-state index contributed by atoms with van der Waals surface area (Å²) in [4.78, 5) is 23.4. The van der Waals surface area contributed by atoms with Gasteiger partial charge >= 0.3 is 0 Å². The minimum Gasteiger partial charge on any atom is -0.494 e. The third kappa shape index (κ3) is 7.38. The number of nitrogens with one attached hydrogen (secondary N) is 1. The second-order valence-corrected chi connectivity index (χ2v) is 6.87. The van der Waals surface area contributed by atoms with E-state index in [9.17, 15) is 18.4 Å². The highest BCUT2D eigenvalue weighted by Gasteiger charge is 2.09. The number of unbranched alkanes of at least 4 members (excludes halogenated alkanes) is 1. The van der Waals surface area contributed by atoms with Gasteiger partial charge in [0.1, 0.15) is 17.4 Å². The Kier molecular flexibility index (Phi) is 8.26. The van der Waals surface area contributed by atoms with Crippen LogP contribution in [0.25, 0.3) is 0 Å². The van der Waals surface area contributed by atoms with Crippen LogP contribution >= 0.6 is 11.8 Å². The lowest BCUT2D eigenvalue weighted by molar-refractivity contribution is -0.118. The predicted molar refractivity (Wildman–Crippen MR) is 101 cm³/mol. The number of Topliss-reactive ketones (excluding diaryl/α,β-unsaturated/α-hetero) is 1. The number of amides is 1. The number of benzene rings is 2. The zero-order valence-corrected chi connectivity index (χ0v) is 15.8. The molecular formula is C20H21F2NO3S. The lowest BCUT2D eigenvalue weighted by Gasteiger charge is -2.08. The number of ether oxygens (including phenoxy) is 1. The van der Waals surface area contributed by atoms with Gasteiger partial charge in [0.2, 0.25) is 5.91 Å². The molecule has 0 saturated heterocycles. The average molecular weight is 393 g/mol. The molecule has 27 heavy (non-hydrogen) atoms. The van der Waals surface area contributed by atoms with Gasteiger partial charge in [-0.05, 0) is 56.2 Å². The Hall–Kier alpha value is -2.41. The number of halogens is 2. The molecule has 0 fully saturated rings. The number of ketones is 1. The van der Waals surface area contributed by atoms with E-state index in [4.69, 9.17) is 4.74 Å². The molecule has 1 N–H and O–H groups in total. The van der Waals surface area contributed by atoms with Crippen molar-refractivity contribution in [2.75, 3.05) is 18.9 Å². The van der Waals surface area contributed by atoms with Crippen molar-refractivity contribution in [3.8, 4) is 5.75 Å². The van der Waals surface area contributed by atoms with E-state index in [0.717, 1.165) is 24.6 Å². The predicted octanol–water partition coefficient (Wildman–Crippen LogP) is 4.23. The molecule has 0 unspecified atom stereocenters. The largest absolute Gasteiger partial charge is 0.494 e. The van der Waals surface area contributed by atoms with Gasteiger partial charge in [-0.2, -0.15) is 0 Å². The minimum absolute atomic E-state index is 0.0996. The number of carbonyl (C=O) groups is 2. The standard InChI is InChI=1S/C20H21F2NO3S/c1-14(24)15-4-9-19(18(22)12-15)27-13-20(25)23-10-2-3-11-26-17-7-5-16(21)6-8-17/h4-9,12H,2-3,10-11,13H2,1H3,(H,23,25). The lowest BCUT2D eigenvalue weighted by Crippen LogP contribution is -2.26. The molecule has 0 saturated carbocycles. The normalized spacial score (nSPS) is 10.5. The van der Waals surface area contributed by atoms with Crippen LogP contribution in [-0.4, -0.2) is 30.6 Å². The Morgan fingerprint density at radius 1 is 1.07 bits per heavy atom. The summed E-state index contributed by atoms with van der Waals surface area (Å²) >= 11 is 1.09. The van der Waals surface area contributed by atoms with Gasteiger partial charge in [-0.1, -0.05) is 6.07 Å². The second kappa shape index (κ2) is 10.7. The monoisotopic (exact) mass is 393 g/mol. The highest BCUT2D eigenvalue weighted by molar-refractivity contribution is 8.00. The summed E-state index contributed by atoms with van der Waals surface area (Å²) in [6.07, 6.45) is 1.48. The zero-order valence-electron chi connectivity index (χ0n) is 15.0. The van der Waals surface area contributed by atoms with Gasteiger partial charge < -0.3 is 10.1 Å². The Morgan fingerprint density at radius 3 is 2.48 bits per heavy atom. The summed E-state index contributed by atoms with van der Waals surface area (Å²) in [5.74, 6) is -0.491. The number of hydrogen-bond acceptors (Lipinski definition) is 4. The molecule has 1 amide bonds. The lowest BCUT2D eigenvalue weighted by atomic mass is 10.1. The van der Waals surface area contributed by atoms with Crippen molar-refractivity contribution in [2.24, 2.45) is 0 Å². The first-order chi connectivity index (χ1) is 13.0. The number of rotatable bonds is 10. The molecule has 0 heterocycles. The smallest absolute Gasteiger partial charge is 0.230 e. The fraction of sp³-hybridized carbons (Fsp3) is 0.300. The molecule has 0 aliphatic heterocycles. The van der Waals surface area contributed by atoms with Gasteiger partial charge in [0.05, 0.1) is 12.4 Å². The molecule has 0 atom stereocenters. The SMILES string of the molecule is CC(=O)c1ccc(SCC(=O)NCCCCOc2ccc(F)cc2)c(F)c1. The van der Waals surface area contributed by atoms with Crippen LogP contribution in [0.4, 0.5) is 8.78 Å². The zero-order chi connectivity index (χ0) is 19.6. The van der Waals surface area contributed by atoms with Crippen LogP contribution in [-0.2, 0) is 4.79 Å². The van der Waals surface area contributed by atoms with Crippen LogP contribution in [0.15, 0.2) is 47.4 Å². The van der Waals surface area contributed by atoms with Gasteiger partial charge in [-0.15, -0.1) is 11.8 Å². The van der Waals surface area contributed by atoms with Crippen LogP contribution < -0.4 is 10.1 Å². The van der Waals surface area contributed by atoms with Gasteiger partial charge in [0.15, 0.2) is 5.78 Å². The molecule has 2 aromatic rings. The third-order valence-corrected chi connectivity index (χ3v) is 4.72. The van der Waals surface area contributed by atoms with Gasteiger partial charge in [0.25, 0.3) is 0 Å². The summed E-state index contributed by atoms with van der Waals surface area (Å²) in [6, 6.07) is 10.0. The molecule has 0 aliphatic carbocycles. The maximum Gasteiger partial charge on any atom is 0.230 e. The Labute approximate surface area is 161 Å². The molecule has 2 rings (SSSR count). The van der Waals surface area contributed by atoms with Crippen molar-refractivity contribution in [2.45, 2.75) is 24.7 Å². The number of carbonyl (C=O) groups excluding carboxylic acids is 2. The van der Waals surface area contributed by atoms with E-state index in [0.29, 0.717) is 29.4 Å². The van der Waals surface area contributed by atoms with E-state index in [1.807, 2.05) is 0 Å². The van der Waals surface area contributed by atoms with E-state index < -0.39 is 5.82 Å². The van der Waals surface area contributed by atoms with E-state index in [-0.39, 0.29) is 23.3 Å². The van der Waals surface area contributed by atoms with E-state index in [1.54, 1.807) is 18.2 Å². The van der Waals surface area contributed by atoms with Gasteiger partial charge in [-0.25, -0.2) is 8.78 Å². The van der Waals surface area contributed by atoms with Crippen LogP contribution in [0.2, 0.25) is 0 Å². The second-order valence-electron chi connectivity index (χ2n) is 5.85. The van der Waals surface area contributed by atoms with Crippen molar-refractivity contribution in [1.29, 1.82) is 0 Å². The molecule has 0 aromatic heterocycles. The summed E-state index contributed by atoms with van der Waals surface area (Å²) in [5.41, 5.74) is 0.309. The first-order valence-electron chi connectivity index (χ1n) is 8.54. The Bertz CT molecular complexity index is 781. The van der Waals surface area contributed by atoms with Crippen LogP contribution in [0.3, 0.4) is 0 Å². The fourth-order valence-electron chi connectivity index (χ4n) is 2.21. The van der Waals surface area contributed by atoms with Gasteiger partial charge in [-0.3, -0.25) is 9.59 Å². The maximum absolute atomic E-state index is 13.9. The molecule has 2 aromatic carbocycles. The molecule has 4 nitrogen and oxygen atoms in total. The van der Waals surface area contributed by atoms with E-state index in [1.165, 1.54) is 31.2 Å². The van der Waals surface area contributed by atoms with Crippen molar-refractivity contribution in [3.05, 3.63) is 59.7 Å². The summed E-state index contributed by atoms with van der Waals surface area (Å²) in [5, 5.41) is 2.77. The Balaban J connectivity index is 1.59. The molecule has 0 radical (unpaired) electrons. The Morgan fingerprint density at radius 2 is 1.81 bits per heavy atom. The molecular weight excluding hydrogens is 372 g/mol. The van der Waals surface area contributed by atoms with Crippen LogP contribution in [0, 0.1) is 11.6 Å². The molecule has 144 valence electrons. The average Bonchev–Trinajstić information content (AvgIpc) is 2.64. The third-order valence-electron chi connectivity index (χ3n) is 3.67. The summed E-state index contributed by atoms with van der Waals surface area (Å²) in [7, 11) is 0. The minimum atomic E-state index is -0.501. The highest BCUT2D eigenvalue weighted by atomic mass is 32.2. The van der Waals surface area contributed by atoms with Crippen molar-refractivity contribution >= 4 is 23.5 Å². The van der Waals surface area contributed by atoms with Gasteiger partial charge in [0, 0.05) is 17.0 Å². The summed E-state index contributed by atoms with van der Waals surface area (Å²) in [6.45, 7) is 2.35. The van der Waals surface area contributed by atoms with Crippen LogP contribution in [0.1, 0.15) is 30.1 Å². The molecule has 0 aliphatic rings. The first kappa shape index (κ1) is 20.9. The first-order valence-corrected chi connectivity index (χ1v) is 9.52. The van der Waals surface area contributed by atoms with Crippen molar-refractivity contribution < 1.29 is 23.1 Å². The topological polar surface area (TPSA) is 55.4 Å². The summed E-state index contributed by atoms with van der Waals surface area (Å²) < 4.78 is 32.1. The molecule has 7 heteroatoms.